The van der Waals surface area contributed by atoms with Gasteiger partial charge in [0.2, 0.25) is 0 Å². The monoisotopic (exact) mass is 665 g/mol. The zero-order valence-corrected chi connectivity index (χ0v) is 27.9. The second kappa shape index (κ2) is 13.1. The molecule has 1 saturated carbocycles. The van der Waals surface area contributed by atoms with Crippen LogP contribution in [-0.2, 0) is 19.6 Å². The number of amides is 1. The van der Waals surface area contributed by atoms with Crippen molar-refractivity contribution in [2.75, 3.05) is 24.5 Å². The molecule has 3 heterocycles. The first-order valence-corrected chi connectivity index (χ1v) is 16.8. The van der Waals surface area contributed by atoms with Crippen LogP contribution < -0.4 is 14.4 Å². The Bertz CT molecular complexity index is 1870. The molecule has 10 nitrogen and oxygen atoms in total. The number of benzene rings is 3. The van der Waals surface area contributed by atoms with Crippen molar-refractivity contribution in [3.05, 3.63) is 107 Å². The molecule has 1 aromatic heterocycles. The Morgan fingerprint density at radius 1 is 1.04 bits per heavy atom. The summed E-state index contributed by atoms with van der Waals surface area (Å²) >= 11 is 0. The number of ether oxygens (including phenoxy) is 2. The van der Waals surface area contributed by atoms with Gasteiger partial charge >= 0.3 is 5.97 Å². The largest absolute Gasteiger partial charge is 0.490 e. The molecule has 1 saturated heterocycles. The molecule has 2 aliphatic heterocycles. The highest BCUT2D eigenvalue weighted by molar-refractivity contribution is 5.97. The van der Waals surface area contributed by atoms with E-state index in [9.17, 15) is 19.1 Å². The summed E-state index contributed by atoms with van der Waals surface area (Å²) in [5, 5.41) is 9.19. The van der Waals surface area contributed by atoms with Crippen LogP contribution >= 0.6 is 0 Å². The number of carboxylic acid groups (broad SMARTS) is 1. The van der Waals surface area contributed by atoms with E-state index < -0.39 is 11.8 Å². The van der Waals surface area contributed by atoms with Crippen molar-refractivity contribution in [1.29, 1.82) is 0 Å². The minimum atomic E-state index is -0.919. The summed E-state index contributed by atoms with van der Waals surface area (Å²) in [6, 6.07) is 17.3. The van der Waals surface area contributed by atoms with Crippen LogP contribution in [0.3, 0.4) is 0 Å². The van der Waals surface area contributed by atoms with Crippen molar-refractivity contribution in [3.8, 4) is 17.2 Å². The van der Waals surface area contributed by atoms with E-state index >= 15 is 0 Å². The molecule has 0 bridgehead atoms. The normalized spacial score (nSPS) is 16.6. The third-order valence-corrected chi connectivity index (χ3v) is 9.86. The van der Waals surface area contributed by atoms with Crippen molar-refractivity contribution in [2.24, 2.45) is 5.41 Å². The maximum Gasteiger partial charge on any atom is 0.335 e. The van der Waals surface area contributed by atoms with Gasteiger partial charge < -0.3 is 24.4 Å². The highest BCUT2D eigenvalue weighted by Gasteiger charge is 2.54. The van der Waals surface area contributed by atoms with E-state index in [1.165, 1.54) is 35.7 Å². The lowest BCUT2D eigenvalue weighted by molar-refractivity contribution is -0.0349. The average Bonchev–Trinajstić information content (AvgIpc) is 3.46. The van der Waals surface area contributed by atoms with E-state index in [1.807, 2.05) is 32.9 Å². The first-order chi connectivity index (χ1) is 23.6. The van der Waals surface area contributed by atoms with Gasteiger partial charge in [-0.15, -0.1) is 0 Å². The van der Waals surface area contributed by atoms with Gasteiger partial charge in [-0.1, -0.05) is 24.3 Å². The molecule has 254 valence electrons. The first-order valence-electron chi connectivity index (χ1n) is 16.8. The predicted octanol–water partition coefficient (Wildman–Crippen LogP) is 6.54. The van der Waals surface area contributed by atoms with Gasteiger partial charge in [0.1, 0.15) is 29.7 Å². The smallest absolute Gasteiger partial charge is 0.335 e. The topological polar surface area (TPSA) is 108 Å². The van der Waals surface area contributed by atoms with Crippen molar-refractivity contribution >= 4 is 17.7 Å². The summed E-state index contributed by atoms with van der Waals surface area (Å²) in [6.45, 7) is 10.2. The maximum atomic E-state index is 14.3. The van der Waals surface area contributed by atoms with Gasteiger partial charge in [-0.3, -0.25) is 9.69 Å². The fraction of sp³-hybridized carbons (Fsp3) is 0.368. The second-order valence-electron chi connectivity index (χ2n) is 13.7. The number of anilines is 1. The summed E-state index contributed by atoms with van der Waals surface area (Å²) in [5.74, 6) is 0.540. The molecule has 2 fully saturated rings. The Hall–Kier alpha value is -5.03. The van der Waals surface area contributed by atoms with Crippen LogP contribution in [0.1, 0.15) is 71.0 Å². The Morgan fingerprint density at radius 3 is 2.53 bits per heavy atom. The van der Waals surface area contributed by atoms with Crippen LogP contribution in [0, 0.1) is 11.2 Å². The van der Waals surface area contributed by atoms with Crippen molar-refractivity contribution in [1.82, 2.24) is 19.8 Å². The minimum Gasteiger partial charge on any atom is -0.490 e. The number of aromatic nitrogens is 2. The Labute approximate surface area is 285 Å². The van der Waals surface area contributed by atoms with Crippen molar-refractivity contribution in [2.45, 2.75) is 65.4 Å². The molecule has 1 aliphatic carbocycles. The summed E-state index contributed by atoms with van der Waals surface area (Å²) in [4.78, 5) is 39.4. The molecule has 11 heteroatoms. The number of aromatic carboxylic acids is 1. The molecule has 49 heavy (non-hydrogen) atoms. The fourth-order valence-electron chi connectivity index (χ4n) is 7.43. The molecule has 1 N–H and O–H groups in total. The molecule has 0 unspecified atom stereocenters. The van der Waals surface area contributed by atoms with E-state index in [4.69, 9.17) is 9.47 Å². The minimum absolute atomic E-state index is 0.0499. The molecule has 0 radical (unpaired) electrons. The van der Waals surface area contributed by atoms with E-state index in [-0.39, 0.29) is 34.8 Å². The maximum absolute atomic E-state index is 14.3. The third kappa shape index (κ3) is 6.55. The first kappa shape index (κ1) is 32.5. The van der Waals surface area contributed by atoms with Crippen LogP contribution in [0.15, 0.2) is 73.2 Å². The molecular formula is C38H40FN5O5. The van der Waals surface area contributed by atoms with E-state index in [0.717, 1.165) is 56.9 Å². The lowest BCUT2D eigenvalue weighted by Crippen LogP contribution is -2.65. The Balaban J connectivity index is 0.966. The molecule has 1 amide bonds. The molecule has 0 atom stereocenters. The third-order valence-electron chi connectivity index (χ3n) is 9.86. The van der Waals surface area contributed by atoms with Gasteiger partial charge in [-0.25, -0.2) is 19.2 Å². The van der Waals surface area contributed by atoms with Crippen LogP contribution in [0.4, 0.5) is 10.2 Å². The van der Waals surface area contributed by atoms with Gasteiger partial charge in [0.05, 0.1) is 17.3 Å². The lowest BCUT2D eigenvalue weighted by Gasteiger charge is -2.59. The van der Waals surface area contributed by atoms with Gasteiger partial charge in [0.25, 0.3) is 5.91 Å². The quantitative estimate of drug-likeness (QED) is 0.191. The summed E-state index contributed by atoms with van der Waals surface area (Å²) in [5.41, 5.74) is 4.15. The average molecular weight is 666 g/mol. The standard InChI is InChI=1S/C38H40FN5O5/c1-4-44(24(2)3)36(45)30-14-28(39)12-13-33(30)49-34-17-40-23-41-35(34)43-21-38(22-43)15-29(16-38)48-32-7-5-6-27-19-42(20-31(27)32)18-25-8-10-26(11-9-25)37(46)47/h5-14,17,23-24,29H,4,15-16,18-22H2,1-3H3,(H,46,47). The summed E-state index contributed by atoms with van der Waals surface area (Å²) in [6.07, 6.45) is 5.07. The number of fused-ring (bicyclic) bond motifs is 1. The van der Waals surface area contributed by atoms with Gasteiger partial charge in [-0.05, 0) is 81.1 Å². The highest BCUT2D eigenvalue weighted by Crippen LogP contribution is 2.52. The zero-order valence-electron chi connectivity index (χ0n) is 27.9. The lowest BCUT2D eigenvalue weighted by atomic mass is 9.61. The second-order valence-corrected chi connectivity index (χ2v) is 13.7. The number of rotatable bonds is 11. The van der Waals surface area contributed by atoms with E-state index in [1.54, 1.807) is 23.2 Å². The van der Waals surface area contributed by atoms with Crippen molar-refractivity contribution < 1.29 is 28.6 Å². The van der Waals surface area contributed by atoms with Crippen LogP contribution in [-0.4, -0.2) is 68.5 Å². The molecule has 4 aromatic rings. The van der Waals surface area contributed by atoms with E-state index in [2.05, 4.69) is 38.0 Å². The number of carbonyl (C=O) groups is 2. The van der Waals surface area contributed by atoms with Gasteiger partial charge in [0.15, 0.2) is 11.6 Å². The molecular weight excluding hydrogens is 625 g/mol. The molecule has 1 spiro atoms. The van der Waals surface area contributed by atoms with Crippen LogP contribution in [0.2, 0.25) is 0 Å². The Morgan fingerprint density at radius 2 is 1.82 bits per heavy atom. The molecule has 3 aliphatic rings. The summed E-state index contributed by atoms with van der Waals surface area (Å²) in [7, 11) is 0. The molecule has 3 aromatic carbocycles. The number of carboxylic acids is 1. The highest BCUT2D eigenvalue weighted by atomic mass is 19.1. The van der Waals surface area contributed by atoms with Crippen LogP contribution in [0.25, 0.3) is 0 Å². The van der Waals surface area contributed by atoms with Gasteiger partial charge in [0, 0.05) is 56.3 Å². The number of nitrogens with zero attached hydrogens (tertiary/aromatic N) is 5. The number of halogens is 1. The predicted molar refractivity (Wildman–Crippen MR) is 181 cm³/mol. The van der Waals surface area contributed by atoms with E-state index in [0.29, 0.717) is 23.7 Å². The van der Waals surface area contributed by atoms with Gasteiger partial charge in [-0.2, -0.15) is 0 Å². The molecule has 7 rings (SSSR count). The SMILES string of the molecule is CCN(C(=O)c1cc(F)ccc1Oc1cncnc1N1CC2(CC(Oc3cccc4c3CN(Cc3ccc(C(=O)O)cc3)C4)C2)C1)C(C)C. The zero-order chi connectivity index (χ0) is 34.3. The number of hydrogen-bond acceptors (Lipinski definition) is 8. The number of carbonyl (C=O) groups excluding carboxylic acids is 1. The Kier molecular flexibility index (Phi) is 8.70. The van der Waals surface area contributed by atoms with Crippen LogP contribution in [0.5, 0.6) is 17.2 Å². The fourth-order valence-corrected chi connectivity index (χ4v) is 7.43. The summed E-state index contributed by atoms with van der Waals surface area (Å²) < 4.78 is 27.1. The number of hydrogen-bond donors (Lipinski definition) is 1. The van der Waals surface area contributed by atoms with Crippen molar-refractivity contribution in [3.63, 3.8) is 0 Å².